The molecule has 1 aliphatic rings. The Kier molecular flexibility index (Phi) is 2.76. The number of hydrogen-bond donors (Lipinski definition) is 2. The Labute approximate surface area is 92.0 Å². The molecule has 2 N–H and O–H groups in total. The normalized spacial score (nSPS) is 24.4. The van der Waals surface area contributed by atoms with E-state index in [1.165, 1.54) is 0 Å². The van der Waals surface area contributed by atoms with Crippen LogP contribution in [0.2, 0.25) is 0 Å². The smallest absolute Gasteiger partial charge is 0.408 e. The number of ether oxygens (including phenoxy) is 1. The van der Waals surface area contributed by atoms with Gasteiger partial charge < -0.3 is 15.2 Å². The molecule has 0 spiro atoms. The number of benzene rings is 1. The van der Waals surface area contributed by atoms with Crippen LogP contribution < -0.4 is 5.32 Å². The van der Waals surface area contributed by atoms with E-state index in [2.05, 4.69) is 5.32 Å². The minimum atomic E-state index is -1.04. The molecule has 1 aromatic carbocycles. The van der Waals surface area contributed by atoms with E-state index in [4.69, 9.17) is 9.84 Å². The van der Waals surface area contributed by atoms with Crippen molar-refractivity contribution in [1.82, 2.24) is 5.32 Å². The van der Waals surface area contributed by atoms with Gasteiger partial charge in [-0.25, -0.2) is 9.59 Å². The Morgan fingerprint density at radius 2 is 2.06 bits per heavy atom. The molecule has 0 radical (unpaired) electrons. The minimum absolute atomic E-state index is 0.241. The van der Waals surface area contributed by atoms with E-state index < -0.39 is 24.2 Å². The molecule has 0 aromatic heterocycles. The van der Waals surface area contributed by atoms with Crippen molar-refractivity contribution in [2.45, 2.75) is 18.6 Å². The minimum Gasteiger partial charge on any atom is -0.480 e. The van der Waals surface area contributed by atoms with Gasteiger partial charge in [0.2, 0.25) is 0 Å². The summed E-state index contributed by atoms with van der Waals surface area (Å²) < 4.78 is 5.04. The number of alkyl carbamates (subject to hydrolysis) is 1. The van der Waals surface area contributed by atoms with E-state index in [1.54, 1.807) is 0 Å². The van der Waals surface area contributed by atoms with Crippen molar-refractivity contribution in [3.8, 4) is 0 Å². The highest BCUT2D eigenvalue weighted by Crippen LogP contribution is 2.25. The first kappa shape index (κ1) is 10.5. The zero-order valence-electron chi connectivity index (χ0n) is 8.42. The molecule has 84 valence electrons. The molecule has 1 aliphatic heterocycles. The number of aliphatic carboxylic acids is 1. The maximum absolute atomic E-state index is 11.2. The standard InChI is InChI=1S/C11H11NO4/c13-10(14)8-6-9(16-11(15)12-8)7-4-2-1-3-5-7/h1-5,8-9H,6H2,(H,12,15)(H,13,14). The van der Waals surface area contributed by atoms with Gasteiger partial charge in [0.1, 0.15) is 12.1 Å². The van der Waals surface area contributed by atoms with Gasteiger partial charge in [0, 0.05) is 6.42 Å². The maximum atomic E-state index is 11.2. The lowest BCUT2D eigenvalue weighted by Gasteiger charge is -2.27. The summed E-state index contributed by atoms with van der Waals surface area (Å²) in [5.41, 5.74) is 0.809. The largest absolute Gasteiger partial charge is 0.480 e. The Hall–Kier alpha value is -2.04. The van der Waals surface area contributed by atoms with Gasteiger partial charge in [-0.2, -0.15) is 0 Å². The number of nitrogens with one attached hydrogen (secondary N) is 1. The predicted octanol–water partition coefficient (Wildman–Crippen LogP) is 1.31. The third kappa shape index (κ3) is 2.13. The van der Waals surface area contributed by atoms with Crippen molar-refractivity contribution in [2.24, 2.45) is 0 Å². The van der Waals surface area contributed by atoms with Gasteiger partial charge in [-0.3, -0.25) is 0 Å². The predicted molar refractivity (Wildman–Crippen MR) is 54.8 cm³/mol. The summed E-state index contributed by atoms with van der Waals surface area (Å²) in [5.74, 6) is -1.04. The summed E-state index contributed by atoms with van der Waals surface area (Å²) in [4.78, 5) is 22.0. The van der Waals surface area contributed by atoms with Crippen molar-refractivity contribution in [3.05, 3.63) is 35.9 Å². The van der Waals surface area contributed by atoms with Crippen LogP contribution in [0.5, 0.6) is 0 Å². The molecule has 1 amide bonds. The number of cyclic esters (lactones) is 1. The fraction of sp³-hybridized carbons (Fsp3) is 0.273. The van der Waals surface area contributed by atoms with Crippen molar-refractivity contribution >= 4 is 12.1 Å². The Bertz CT molecular complexity index is 404. The molecule has 0 saturated carbocycles. The summed E-state index contributed by atoms with van der Waals surface area (Å²) in [5, 5.41) is 11.1. The second-order valence-corrected chi connectivity index (χ2v) is 3.58. The quantitative estimate of drug-likeness (QED) is 0.789. The van der Waals surface area contributed by atoms with E-state index in [-0.39, 0.29) is 6.42 Å². The third-order valence-corrected chi connectivity index (χ3v) is 2.46. The molecular formula is C11H11NO4. The van der Waals surface area contributed by atoms with Gasteiger partial charge in [-0.05, 0) is 5.56 Å². The van der Waals surface area contributed by atoms with Gasteiger partial charge in [-0.1, -0.05) is 30.3 Å². The SMILES string of the molecule is O=C1NC(C(=O)O)CC(c2ccccc2)O1. The second-order valence-electron chi connectivity index (χ2n) is 3.58. The van der Waals surface area contributed by atoms with E-state index >= 15 is 0 Å². The first-order chi connectivity index (χ1) is 7.66. The van der Waals surface area contributed by atoms with E-state index in [0.717, 1.165) is 5.56 Å². The molecule has 16 heavy (non-hydrogen) atoms. The zero-order valence-corrected chi connectivity index (χ0v) is 8.42. The van der Waals surface area contributed by atoms with E-state index in [0.29, 0.717) is 0 Å². The van der Waals surface area contributed by atoms with Crippen LogP contribution in [0.3, 0.4) is 0 Å². The first-order valence-corrected chi connectivity index (χ1v) is 4.91. The van der Waals surface area contributed by atoms with Crippen LogP contribution >= 0.6 is 0 Å². The zero-order chi connectivity index (χ0) is 11.5. The first-order valence-electron chi connectivity index (χ1n) is 4.91. The van der Waals surface area contributed by atoms with Gasteiger partial charge in [-0.15, -0.1) is 0 Å². The molecule has 5 heteroatoms. The molecule has 2 atom stereocenters. The second kappa shape index (κ2) is 4.22. The van der Waals surface area contributed by atoms with Crippen LogP contribution in [0.15, 0.2) is 30.3 Å². The molecule has 0 bridgehead atoms. The number of carboxylic acid groups (broad SMARTS) is 1. The summed E-state index contributed by atoms with van der Waals surface area (Å²) in [6.45, 7) is 0. The van der Waals surface area contributed by atoms with Gasteiger partial charge >= 0.3 is 12.1 Å². The Morgan fingerprint density at radius 3 is 2.69 bits per heavy atom. The number of carbonyl (C=O) groups is 2. The molecule has 1 heterocycles. The monoisotopic (exact) mass is 221 g/mol. The van der Waals surface area contributed by atoms with Crippen molar-refractivity contribution in [1.29, 1.82) is 0 Å². The molecule has 2 rings (SSSR count). The summed E-state index contributed by atoms with van der Waals surface area (Å²) in [6, 6.07) is 8.22. The molecule has 1 fully saturated rings. The fourth-order valence-corrected chi connectivity index (χ4v) is 1.66. The summed E-state index contributed by atoms with van der Waals surface area (Å²) in [7, 11) is 0. The lowest BCUT2D eigenvalue weighted by atomic mass is 10.0. The summed E-state index contributed by atoms with van der Waals surface area (Å²) in [6.07, 6.45) is -0.936. The Balaban J connectivity index is 2.17. The van der Waals surface area contributed by atoms with Crippen molar-refractivity contribution in [3.63, 3.8) is 0 Å². The molecule has 2 unspecified atom stereocenters. The van der Waals surface area contributed by atoms with Gasteiger partial charge in [0.15, 0.2) is 0 Å². The van der Waals surface area contributed by atoms with Crippen LogP contribution in [-0.4, -0.2) is 23.2 Å². The molecular weight excluding hydrogens is 210 g/mol. The summed E-state index contributed by atoms with van der Waals surface area (Å²) >= 11 is 0. The lowest BCUT2D eigenvalue weighted by Crippen LogP contribution is -2.47. The highest BCUT2D eigenvalue weighted by atomic mass is 16.6. The third-order valence-electron chi connectivity index (χ3n) is 2.46. The number of hydrogen-bond acceptors (Lipinski definition) is 3. The number of rotatable bonds is 2. The number of amides is 1. The van der Waals surface area contributed by atoms with Gasteiger partial charge in [0.25, 0.3) is 0 Å². The van der Waals surface area contributed by atoms with Gasteiger partial charge in [0.05, 0.1) is 0 Å². The van der Waals surface area contributed by atoms with Crippen molar-refractivity contribution in [2.75, 3.05) is 0 Å². The van der Waals surface area contributed by atoms with Crippen molar-refractivity contribution < 1.29 is 19.4 Å². The van der Waals surface area contributed by atoms with Crippen LogP contribution in [0.1, 0.15) is 18.1 Å². The molecule has 5 nitrogen and oxygen atoms in total. The molecule has 1 saturated heterocycles. The maximum Gasteiger partial charge on any atom is 0.408 e. The molecule has 0 aliphatic carbocycles. The Morgan fingerprint density at radius 1 is 1.38 bits per heavy atom. The van der Waals surface area contributed by atoms with E-state index in [1.807, 2.05) is 30.3 Å². The number of carbonyl (C=O) groups excluding carboxylic acids is 1. The average molecular weight is 221 g/mol. The average Bonchev–Trinajstić information content (AvgIpc) is 2.29. The van der Waals surface area contributed by atoms with Crippen LogP contribution in [0.25, 0.3) is 0 Å². The topological polar surface area (TPSA) is 75.6 Å². The highest BCUT2D eigenvalue weighted by Gasteiger charge is 2.32. The highest BCUT2D eigenvalue weighted by molar-refractivity contribution is 5.81. The molecule has 1 aromatic rings. The van der Waals surface area contributed by atoms with Crippen LogP contribution in [-0.2, 0) is 9.53 Å². The van der Waals surface area contributed by atoms with Crippen LogP contribution in [0.4, 0.5) is 4.79 Å². The number of carboxylic acids is 1. The van der Waals surface area contributed by atoms with E-state index in [9.17, 15) is 9.59 Å². The van der Waals surface area contributed by atoms with Crippen LogP contribution in [0, 0.1) is 0 Å². The fourth-order valence-electron chi connectivity index (χ4n) is 1.66. The lowest BCUT2D eigenvalue weighted by molar-refractivity contribution is -0.141.